The predicted octanol–water partition coefficient (Wildman–Crippen LogP) is 3.46. The van der Waals surface area contributed by atoms with Crippen LogP contribution < -0.4 is 5.32 Å². The molecule has 1 aliphatic rings. The zero-order valence-electron chi connectivity index (χ0n) is 12.1. The number of halogens is 1. The van der Waals surface area contributed by atoms with Gasteiger partial charge in [0.2, 0.25) is 0 Å². The Hall–Kier alpha value is -0.930. The lowest BCUT2D eigenvalue weighted by molar-refractivity contribution is 0.0898. The summed E-state index contributed by atoms with van der Waals surface area (Å²) in [5.41, 5.74) is 2.12. The Labute approximate surface area is 115 Å². The molecule has 1 aliphatic heterocycles. The Morgan fingerprint density at radius 3 is 2.89 bits per heavy atom. The summed E-state index contributed by atoms with van der Waals surface area (Å²) in [7, 11) is 0. The maximum Gasteiger partial charge on any atom is 0.123 e. The summed E-state index contributed by atoms with van der Waals surface area (Å²) in [5, 5.41) is 3.50. The maximum absolute atomic E-state index is 13.2. The Bertz CT molecular complexity index is 419. The standard InChI is InChI=1S/C16H24FNO/c1-11(2)9-18-10-13-6-7-19-16(13)15-5-4-14(17)8-12(15)3/h4-5,8,11,13,16,18H,6-7,9-10H2,1-3H3. The molecule has 2 unspecified atom stereocenters. The number of hydrogen-bond acceptors (Lipinski definition) is 2. The highest BCUT2D eigenvalue weighted by molar-refractivity contribution is 5.29. The zero-order chi connectivity index (χ0) is 13.8. The molecule has 1 fully saturated rings. The quantitative estimate of drug-likeness (QED) is 0.880. The number of aryl methyl sites for hydroxylation is 1. The van der Waals surface area contributed by atoms with Crippen LogP contribution in [0, 0.1) is 24.6 Å². The molecule has 0 aliphatic carbocycles. The second-order valence-electron chi connectivity index (χ2n) is 5.89. The van der Waals surface area contributed by atoms with Gasteiger partial charge in [0, 0.05) is 19.1 Å². The van der Waals surface area contributed by atoms with Gasteiger partial charge in [-0.2, -0.15) is 0 Å². The fraction of sp³-hybridized carbons (Fsp3) is 0.625. The fourth-order valence-corrected chi connectivity index (χ4v) is 2.70. The molecule has 2 rings (SSSR count). The molecule has 0 amide bonds. The molecule has 0 bridgehead atoms. The first-order valence-corrected chi connectivity index (χ1v) is 7.16. The van der Waals surface area contributed by atoms with Gasteiger partial charge in [-0.1, -0.05) is 19.9 Å². The molecule has 19 heavy (non-hydrogen) atoms. The minimum absolute atomic E-state index is 0.111. The molecule has 1 saturated heterocycles. The van der Waals surface area contributed by atoms with E-state index in [0.29, 0.717) is 11.8 Å². The van der Waals surface area contributed by atoms with Gasteiger partial charge < -0.3 is 10.1 Å². The van der Waals surface area contributed by atoms with Crippen LogP contribution in [0.3, 0.4) is 0 Å². The third-order valence-electron chi connectivity index (χ3n) is 3.71. The van der Waals surface area contributed by atoms with E-state index in [4.69, 9.17) is 4.74 Å². The average Bonchev–Trinajstić information content (AvgIpc) is 2.77. The molecular formula is C16H24FNO. The summed E-state index contributed by atoms with van der Waals surface area (Å²) in [6.45, 7) is 9.18. The zero-order valence-corrected chi connectivity index (χ0v) is 12.1. The number of nitrogens with one attached hydrogen (secondary N) is 1. The first kappa shape index (κ1) is 14.5. The van der Waals surface area contributed by atoms with Crippen molar-refractivity contribution < 1.29 is 9.13 Å². The van der Waals surface area contributed by atoms with Crippen molar-refractivity contribution in [2.75, 3.05) is 19.7 Å². The molecular weight excluding hydrogens is 241 g/mol. The third kappa shape index (κ3) is 3.77. The molecule has 1 aromatic rings. The van der Waals surface area contributed by atoms with E-state index >= 15 is 0 Å². The Morgan fingerprint density at radius 2 is 2.21 bits per heavy atom. The van der Waals surface area contributed by atoms with E-state index in [2.05, 4.69) is 19.2 Å². The van der Waals surface area contributed by atoms with Gasteiger partial charge in [0.05, 0.1) is 6.10 Å². The Balaban J connectivity index is 2.01. The molecule has 1 aromatic carbocycles. The van der Waals surface area contributed by atoms with Crippen molar-refractivity contribution in [1.29, 1.82) is 0 Å². The van der Waals surface area contributed by atoms with Crippen LogP contribution in [0.15, 0.2) is 18.2 Å². The summed E-state index contributed by atoms with van der Waals surface area (Å²) in [6.07, 6.45) is 1.19. The summed E-state index contributed by atoms with van der Waals surface area (Å²) in [6, 6.07) is 4.99. The van der Waals surface area contributed by atoms with Gasteiger partial charge in [-0.05, 0) is 49.1 Å². The summed E-state index contributed by atoms with van der Waals surface area (Å²) in [4.78, 5) is 0. The van der Waals surface area contributed by atoms with Crippen molar-refractivity contribution in [3.05, 3.63) is 35.1 Å². The molecule has 0 saturated carbocycles. The molecule has 2 atom stereocenters. The van der Waals surface area contributed by atoms with E-state index in [1.807, 2.05) is 13.0 Å². The number of rotatable bonds is 5. The SMILES string of the molecule is Cc1cc(F)ccc1C1OCCC1CNCC(C)C. The third-order valence-corrected chi connectivity index (χ3v) is 3.71. The van der Waals surface area contributed by atoms with Gasteiger partial charge in [0.15, 0.2) is 0 Å². The average molecular weight is 265 g/mol. The molecule has 1 N–H and O–H groups in total. The van der Waals surface area contributed by atoms with Gasteiger partial charge in [-0.15, -0.1) is 0 Å². The van der Waals surface area contributed by atoms with Crippen LogP contribution in [0.2, 0.25) is 0 Å². The minimum atomic E-state index is -0.172. The van der Waals surface area contributed by atoms with E-state index in [1.165, 1.54) is 6.07 Å². The smallest absolute Gasteiger partial charge is 0.123 e. The van der Waals surface area contributed by atoms with Crippen LogP contribution in [0.25, 0.3) is 0 Å². The number of benzene rings is 1. The number of hydrogen-bond donors (Lipinski definition) is 1. The molecule has 106 valence electrons. The molecule has 0 radical (unpaired) electrons. The Morgan fingerprint density at radius 1 is 1.42 bits per heavy atom. The van der Waals surface area contributed by atoms with Crippen LogP contribution >= 0.6 is 0 Å². The number of ether oxygens (including phenoxy) is 1. The van der Waals surface area contributed by atoms with E-state index < -0.39 is 0 Å². The normalized spacial score (nSPS) is 23.2. The van der Waals surface area contributed by atoms with Gasteiger partial charge in [-0.3, -0.25) is 0 Å². The predicted molar refractivity (Wildman–Crippen MR) is 75.6 cm³/mol. The van der Waals surface area contributed by atoms with E-state index in [9.17, 15) is 4.39 Å². The molecule has 0 spiro atoms. The second kappa shape index (κ2) is 6.49. The summed E-state index contributed by atoms with van der Waals surface area (Å²) >= 11 is 0. The van der Waals surface area contributed by atoms with E-state index in [-0.39, 0.29) is 11.9 Å². The van der Waals surface area contributed by atoms with E-state index in [1.54, 1.807) is 6.07 Å². The molecule has 0 aromatic heterocycles. The second-order valence-corrected chi connectivity index (χ2v) is 5.89. The maximum atomic E-state index is 13.2. The lowest BCUT2D eigenvalue weighted by Crippen LogP contribution is -2.28. The van der Waals surface area contributed by atoms with Crippen molar-refractivity contribution >= 4 is 0 Å². The largest absolute Gasteiger partial charge is 0.373 e. The van der Waals surface area contributed by atoms with Crippen molar-refractivity contribution in [3.8, 4) is 0 Å². The minimum Gasteiger partial charge on any atom is -0.373 e. The summed E-state index contributed by atoms with van der Waals surface area (Å²) < 4.78 is 19.0. The molecule has 3 heteroatoms. The van der Waals surface area contributed by atoms with Gasteiger partial charge in [-0.25, -0.2) is 4.39 Å². The molecule has 2 nitrogen and oxygen atoms in total. The van der Waals surface area contributed by atoms with Crippen LogP contribution in [-0.2, 0) is 4.74 Å². The lowest BCUT2D eigenvalue weighted by Gasteiger charge is -2.21. The highest BCUT2D eigenvalue weighted by atomic mass is 19.1. The van der Waals surface area contributed by atoms with Crippen molar-refractivity contribution in [1.82, 2.24) is 5.32 Å². The van der Waals surface area contributed by atoms with Gasteiger partial charge >= 0.3 is 0 Å². The van der Waals surface area contributed by atoms with E-state index in [0.717, 1.165) is 37.2 Å². The van der Waals surface area contributed by atoms with Crippen LogP contribution in [0.5, 0.6) is 0 Å². The monoisotopic (exact) mass is 265 g/mol. The topological polar surface area (TPSA) is 21.3 Å². The van der Waals surface area contributed by atoms with Crippen LogP contribution in [-0.4, -0.2) is 19.7 Å². The van der Waals surface area contributed by atoms with Gasteiger partial charge in [0.25, 0.3) is 0 Å². The van der Waals surface area contributed by atoms with Crippen molar-refractivity contribution in [2.24, 2.45) is 11.8 Å². The highest BCUT2D eigenvalue weighted by Gasteiger charge is 2.30. The first-order valence-electron chi connectivity index (χ1n) is 7.16. The van der Waals surface area contributed by atoms with Crippen LogP contribution in [0.4, 0.5) is 4.39 Å². The molecule has 1 heterocycles. The van der Waals surface area contributed by atoms with Gasteiger partial charge in [0.1, 0.15) is 5.82 Å². The highest BCUT2D eigenvalue weighted by Crippen LogP contribution is 2.35. The van der Waals surface area contributed by atoms with Crippen LogP contribution in [0.1, 0.15) is 37.5 Å². The lowest BCUT2D eigenvalue weighted by atomic mass is 9.92. The Kier molecular flexibility index (Phi) is 4.94. The first-order chi connectivity index (χ1) is 9.08. The van der Waals surface area contributed by atoms with Crippen molar-refractivity contribution in [3.63, 3.8) is 0 Å². The summed E-state index contributed by atoms with van der Waals surface area (Å²) in [5.74, 6) is 0.977. The van der Waals surface area contributed by atoms with Crippen molar-refractivity contribution in [2.45, 2.75) is 33.3 Å². The fourth-order valence-electron chi connectivity index (χ4n) is 2.70.